The molecule has 0 aliphatic heterocycles. The largest absolute Gasteiger partial charge is 0.504 e. The number of para-hydroxylation sites is 1. The summed E-state index contributed by atoms with van der Waals surface area (Å²) < 4.78 is 0. The summed E-state index contributed by atoms with van der Waals surface area (Å²) in [5.41, 5.74) is 0.391. The van der Waals surface area contributed by atoms with E-state index in [-0.39, 0.29) is 11.5 Å². The molecule has 0 aliphatic rings. The van der Waals surface area contributed by atoms with Crippen molar-refractivity contribution in [1.82, 2.24) is 0 Å². The molecule has 13 heavy (non-hydrogen) atoms. The summed E-state index contributed by atoms with van der Waals surface area (Å²) in [6.45, 7) is 1.95. The minimum Gasteiger partial charge on any atom is -0.504 e. The Kier molecular flexibility index (Phi) is 3.14. The van der Waals surface area contributed by atoms with E-state index in [1.807, 2.05) is 6.92 Å². The summed E-state index contributed by atoms with van der Waals surface area (Å²) in [6.07, 6.45) is 0.713. The highest BCUT2D eigenvalue weighted by atomic mass is 16.3. The van der Waals surface area contributed by atoms with E-state index < -0.39 is 6.10 Å². The second kappa shape index (κ2) is 4.14. The molecule has 3 nitrogen and oxygen atoms in total. The highest BCUT2D eigenvalue weighted by Gasteiger charge is 2.13. The molecule has 1 aromatic carbocycles. The van der Waals surface area contributed by atoms with Crippen molar-refractivity contribution in [2.24, 2.45) is 0 Å². The molecule has 3 heteroatoms. The minimum absolute atomic E-state index is 0.187. The van der Waals surface area contributed by atoms with Crippen LogP contribution < -0.4 is 0 Å². The number of phenolic OH excluding ortho intramolecular Hbond substituents is 2. The molecule has 0 radical (unpaired) electrons. The maximum atomic E-state index is 9.55. The highest BCUT2D eigenvalue weighted by molar-refractivity contribution is 5.45. The molecule has 0 aliphatic carbocycles. The Balaban J connectivity index is 2.93. The van der Waals surface area contributed by atoms with Crippen molar-refractivity contribution in [2.75, 3.05) is 0 Å². The van der Waals surface area contributed by atoms with E-state index in [0.29, 0.717) is 12.0 Å². The van der Waals surface area contributed by atoms with Gasteiger partial charge in [-0.1, -0.05) is 25.5 Å². The van der Waals surface area contributed by atoms with E-state index in [1.165, 1.54) is 6.07 Å². The van der Waals surface area contributed by atoms with Crippen LogP contribution in [0.15, 0.2) is 18.2 Å². The average Bonchev–Trinajstić information content (AvgIpc) is 2.10. The van der Waals surface area contributed by atoms with Crippen molar-refractivity contribution < 1.29 is 15.3 Å². The molecule has 0 fully saturated rings. The number of aliphatic hydroxyl groups is 1. The fraction of sp³-hybridized carbons (Fsp3) is 0.400. The van der Waals surface area contributed by atoms with Gasteiger partial charge >= 0.3 is 0 Å². The van der Waals surface area contributed by atoms with Gasteiger partial charge in [0.05, 0.1) is 6.10 Å². The molecule has 0 bridgehead atoms. The highest BCUT2D eigenvalue weighted by Crippen LogP contribution is 2.33. The Morgan fingerprint density at radius 3 is 2.62 bits per heavy atom. The molecule has 1 unspecified atom stereocenters. The van der Waals surface area contributed by atoms with Gasteiger partial charge in [-0.15, -0.1) is 0 Å². The molecule has 3 N–H and O–H groups in total. The molecular weight excluding hydrogens is 168 g/mol. The Morgan fingerprint density at radius 2 is 2.00 bits per heavy atom. The van der Waals surface area contributed by atoms with Crippen LogP contribution in [0.2, 0.25) is 0 Å². The maximum absolute atomic E-state index is 9.55. The van der Waals surface area contributed by atoms with Crippen LogP contribution in [-0.2, 0) is 0 Å². The van der Waals surface area contributed by atoms with E-state index in [1.54, 1.807) is 12.1 Å². The Morgan fingerprint density at radius 1 is 1.31 bits per heavy atom. The van der Waals surface area contributed by atoms with Crippen LogP contribution >= 0.6 is 0 Å². The lowest BCUT2D eigenvalue weighted by Crippen LogP contribution is -1.96. The molecule has 1 rings (SSSR count). The molecule has 0 saturated carbocycles. The van der Waals surface area contributed by atoms with Gasteiger partial charge in [-0.25, -0.2) is 0 Å². The van der Waals surface area contributed by atoms with Gasteiger partial charge in [0.15, 0.2) is 11.5 Å². The number of aliphatic hydroxyl groups excluding tert-OH is 1. The number of hydrogen-bond donors (Lipinski definition) is 3. The molecular formula is C10H14O3. The molecule has 0 heterocycles. The monoisotopic (exact) mass is 182 g/mol. The number of rotatable bonds is 3. The summed E-state index contributed by atoms with van der Waals surface area (Å²) in [5.74, 6) is -0.406. The lowest BCUT2D eigenvalue weighted by atomic mass is 10.0. The average molecular weight is 182 g/mol. The van der Waals surface area contributed by atoms with Gasteiger partial charge in [0.25, 0.3) is 0 Å². The molecule has 0 aromatic heterocycles. The number of phenols is 2. The van der Waals surface area contributed by atoms with Crippen LogP contribution in [0.25, 0.3) is 0 Å². The molecule has 1 atom stereocenters. The minimum atomic E-state index is -0.697. The van der Waals surface area contributed by atoms with Crippen LogP contribution in [0.4, 0.5) is 0 Å². The zero-order valence-electron chi connectivity index (χ0n) is 7.57. The molecule has 0 amide bonds. The normalized spacial score (nSPS) is 12.8. The fourth-order valence-electron chi connectivity index (χ4n) is 1.25. The molecule has 1 aromatic rings. The zero-order chi connectivity index (χ0) is 9.84. The van der Waals surface area contributed by atoms with Crippen molar-refractivity contribution in [3.8, 4) is 11.5 Å². The van der Waals surface area contributed by atoms with E-state index in [9.17, 15) is 10.2 Å². The van der Waals surface area contributed by atoms with E-state index in [2.05, 4.69) is 0 Å². The summed E-state index contributed by atoms with van der Waals surface area (Å²) >= 11 is 0. The van der Waals surface area contributed by atoms with Crippen molar-refractivity contribution in [3.05, 3.63) is 23.8 Å². The zero-order valence-corrected chi connectivity index (χ0v) is 7.57. The fourth-order valence-corrected chi connectivity index (χ4v) is 1.25. The van der Waals surface area contributed by atoms with Gasteiger partial charge in [0.1, 0.15) is 0 Å². The first kappa shape index (κ1) is 9.86. The van der Waals surface area contributed by atoms with Crippen molar-refractivity contribution in [3.63, 3.8) is 0 Å². The number of aromatic hydroxyl groups is 2. The SMILES string of the molecule is CCCC(O)c1cccc(O)c1O. The van der Waals surface area contributed by atoms with E-state index >= 15 is 0 Å². The summed E-state index contributed by atoms with van der Waals surface area (Å²) in [4.78, 5) is 0. The Bertz CT molecular complexity index is 283. The van der Waals surface area contributed by atoms with Gasteiger partial charge in [-0.2, -0.15) is 0 Å². The maximum Gasteiger partial charge on any atom is 0.163 e. The summed E-state index contributed by atoms with van der Waals surface area (Å²) in [6, 6.07) is 4.59. The third kappa shape index (κ3) is 2.12. The number of hydrogen-bond acceptors (Lipinski definition) is 3. The van der Waals surface area contributed by atoms with Crippen LogP contribution in [0.1, 0.15) is 31.4 Å². The Hall–Kier alpha value is -1.22. The molecule has 0 saturated heterocycles. The van der Waals surface area contributed by atoms with Crippen LogP contribution in [0.5, 0.6) is 11.5 Å². The third-order valence-corrected chi connectivity index (χ3v) is 1.97. The van der Waals surface area contributed by atoms with Gasteiger partial charge in [-0.3, -0.25) is 0 Å². The van der Waals surface area contributed by atoms with Gasteiger partial charge in [0.2, 0.25) is 0 Å². The first-order valence-corrected chi connectivity index (χ1v) is 4.35. The smallest absolute Gasteiger partial charge is 0.163 e. The van der Waals surface area contributed by atoms with Crippen molar-refractivity contribution in [1.29, 1.82) is 0 Å². The van der Waals surface area contributed by atoms with E-state index in [0.717, 1.165) is 6.42 Å². The topological polar surface area (TPSA) is 60.7 Å². The van der Waals surface area contributed by atoms with Gasteiger partial charge in [-0.05, 0) is 12.5 Å². The third-order valence-electron chi connectivity index (χ3n) is 1.97. The standard InChI is InChI=1S/C10H14O3/c1-2-4-8(11)7-5-3-6-9(12)10(7)13/h3,5-6,8,11-13H,2,4H2,1H3. The molecule has 0 spiro atoms. The second-order valence-electron chi connectivity index (χ2n) is 3.02. The first-order chi connectivity index (χ1) is 6.16. The first-order valence-electron chi connectivity index (χ1n) is 4.35. The van der Waals surface area contributed by atoms with Crippen LogP contribution in [-0.4, -0.2) is 15.3 Å². The summed E-state index contributed by atoms with van der Waals surface area (Å²) in [5, 5.41) is 28.1. The molecule has 72 valence electrons. The van der Waals surface area contributed by atoms with Crippen molar-refractivity contribution in [2.45, 2.75) is 25.9 Å². The lowest BCUT2D eigenvalue weighted by Gasteiger charge is -2.11. The van der Waals surface area contributed by atoms with Gasteiger partial charge in [0, 0.05) is 5.56 Å². The van der Waals surface area contributed by atoms with E-state index in [4.69, 9.17) is 5.11 Å². The van der Waals surface area contributed by atoms with Crippen LogP contribution in [0.3, 0.4) is 0 Å². The Labute approximate surface area is 77.3 Å². The lowest BCUT2D eigenvalue weighted by molar-refractivity contribution is 0.162. The predicted molar refractivity (Wildman–Crippen MR) is 49.6 cm³/mol. The summed E-state index contributed by atoms with van der Waals surface area (Å²) in [7, 11) is 0. The second-order valence-corrected chi connectivity index (χ2v) is 3.02. The van der Waals surface area contributed by atoms with Crippen molar-refractivity contribution >= 4 is 0 Å². The number of benzene rings is 1. The van der Waals surface area contributed by atoms with Crippen LogP contribution in [0, 0.1) is 0 Å². The quantitative estimate of drug-likeness (QED) is 0.626. The predicted octanol–water partition coefficient (Wildman–Crippen LogP) is 1.93. The van der Waals surface area contributed by atoms with Gasteiger partial charge < -0.3 is 15.3 Å².